The molecule has 1 aromatic carbocycles. The van der Waals surface area contributed by atoms with Crippen LogP contribution in [0.4, 0.5) is 0 Å². The quantitative estimate of drug-likeness (QED) is 0.331. The second kappa shape index (κ2) is 12.6. The van der Waals surface area contributed by atoms with Crippen LogP contribution < -0.4 is 4.74 Å². The Kier molecular flexibility index (Phi) is 9.76. The molecular weight excluding hydrogens is 392 g/mol. The number of carbonyl (C=O) groups is 3. The molecule has 0 saturated carbocycles. The summed E-state index contributed by atoms with van der Waals surface area (Å²) in [4.78, 5) is 34.5. The van der Waals surface area contributed by atoms with Gasteiger partial charge in [0.05, 0.1) is 6.61 Å². The van der Waals surface area contributed by atoms with Gasteiger partial charge in [-0.2, -0.15) is 0 Å². The largest absolute Gasteiger partial charge is 0.490 e. The van der Waals surface area contributed by atoms with Crippen LogP contribution in [0, 0.1) is 0 Å². The van der Waals surface area contributed by atoms with Crippen LogP contribution in [-0.2, 0) is 28.6 Å². The number of hydrogen-bond acceptors (Lipinski definition) is 8. The van der Waals surface area contributed by atoms with Crippen molar-refractivity contribution in [3.05, 3.63) is 48.1 Å². The SMILES string of the molecule is C=C(CC(=O)CO)C(=O)OCCOc1ccc(/C=C/C(=O)OC2CCCCO2)cc1. The maximum Gasteiger partial charge on any atom is 0.333 e. The van der Waals surface area contributed by atoms with Gasteiger partial charge < -0.3 is 24.1 Å². The number of Topliss-reactive ketones (excluding diaryl/α,β-unsaturated/α-hetero) is 1. The van der Waals surface area contributed by atoms with E-state index in [9.17, 15) is 14.4 Å². The van der Waals surface area contributed by atoms with Gasteiger partial charge in [-0.25, -0.2) is 9.59 Å². The molecule has 1 aliphatic heterocycles. The number of benzene rings is 1. The molecule has 0 radical (unpaired) electrons. The molecule has 0 spiro atoms. The van der Waals surface area contributed by atoms with Gasteiger partial charge in [-0.1, -0.05) is 18.7 Å². The zero-order chi connectivity index (χ0) is 21.8. The van der Waals surface area contributed by atoms with Crippen LogP contribution in [0.1, 0.15) is 31.2 Å². The Morgan fingerprint density at radius 1 is 1.17 bits per heavy atom. The highest BCUT2D eigenvalue weighted by Gasteiger charge is 2.16. The Labute approximate surface area is 175 Å². The predicted octanol–water partition coefficient (Wildman–Crippen LogP) is 2.20. The first-order chi connectivity index (χ1) is 14.5. The molecule has 0 aromatic heterocycles. The fraction of sp³-hybridized carbons (Fsp3) is 0.409. The fourth-order valence-corrected chi connectivity index (χ4v) is 2.57. The summed E-state index contributed by atoms with van der Waals surface area (Å²) >= 11 is 0. The van der Waals surface area contributed by atoms with Gasteiger partial charge in [-0.3, -0.25) is 4.79 Å². The number of ether oxygens (including phenoxy) is 4. The minimum atomic E-state index is -0.702. The topological polar surface area (TPSA) is 108 Å². The molecule has 0 aliphatic carbocycles. The number of aliphatic hydroxyl groups is 1. The van der Waals surface area contributed by atoms with E-state index in [0.717, 1.165) is 24.8 Å². The van der Waals surface area contributed by atoms with E-state index in [0.29, 0.717) is 12.4 Å². The van der Waals surface area contributed by atoms with Crippen LogP contribution in [0.25, 0.3) is 6.08 Å². The maximum absolute atomic E-state index is 11.8. The summed E-state index contributed by atoms with van der Waals surface area (Å²) in [5, 5.41) is 8.66. The van der Waals surface area contributed by atoms with Crippen LogP contribution in [0.5, 0.6) is 5.75 Å². The van der Waals surface area contributed by atoms with Crippen molar-refractivity contribution >= 4 is 23.8 Å². The van der Waals surface area contributed by atoms with Crippen molar-refractivity contribution in [2.75, 3.05) is 26.4 Å². The molecule has 0 amide bonds. The van der Waals surface area contributed by atoms with E-state index in [2.05, 4.69) is 6.58 Å². The fourth-order valence-electron chi connectivity index (χ4n) is 2.57. The van der Waals surface area contributed by atoms with Crippen LogP contribution in [0.15, 0.2) is 42.5 Å². The molecule has 1 saturated heterocycles. The Balaban J connectivity index is 1.67. The summed E-state index contributed by atoms with van der Waals surface area (Å²) in [6, 6.07) is 6.97. The number of carbonyl (C=O) groups excluding carboxylic acids is 3. The summed E-state index contributed by atoms with van der Waals surface area (Å²) in [6.45, 7) is 3.54. The maximum atomic E-state index is 11.8. The molecule has 1 N–H and O–H groups in total. The standard InChI is InChI=1S/C22H26O8/c1-16(14-18(24)15-23)22(26)29-13-12-27-19-8-5-17(6-9-19)7-10-20(25)30-21-4-2-3-11-28-21/h5-10,21,23H,1-4,11-15H2/b10-7+. The zero-order valence-electron chi connectivity index (χ0n) is 16.7. The van der Waals surface area contributed by atoms with E-state index in [1.807, 2.05) is 0 Å². The van der Waals surface area contributed by atoms with Gasteiger partial charge in [0.15, 0.2) is 5.78 Å². The van der Waals surface area contributed by atoms with Gasteiger partial charge in [-0.05, 0) is 36.6 Å². The van der Waals surface area contributed by atoms with Gasteiger partial charge in [-0.15, -0.1) is 0 Å². The van der Waals surface area contributed by atoms with Gasteiger partial charge in [0.2, 0.25) is 6.29 Å². The van der Waals surface area contributed by atoms with E-state index in [1.165, 1.54) is 6.08 Å². The van der Waals surface area contributed by atoms with Gasteiger partial charge >= 0.3 is 11.9 Å². The Morgan fingerprint density at radius 3 is 2.60 bits per heavy atom. The van der Waals surface area contributed by atoms with E-state index in [4.69, 9.17) is 24.1 Å². The Hall–Kier alpha value is -2.97. The van der Waals surface area contributed by atoms with Crippen LogP contribution in [-0.4, -0.2) is 55.5 Å². The molecule has 1 aromatic rings. The first-order valence-electron chi connectivity index (χ1n) is 9.68. The molecule has 1 heterocycles. The Bertz CT molecular complexity index is 760. The van der Waals surface area contributed by atoms with Crippen molar-refractivity contribution in [1.29, 1.82) is 0 Å². The lowest BCUT2D eigenvalue weighted by Crippen LogP contribution is -2.24. The highest BCUT2D eigenvalue weighted by molar-refractivity contribution is 5.95. The van der Waals surface area contributed by atoms with Crippen LogP contribution in [0.3, 0.4) is 0 Å². The third-order valence-electron chi connectivity index (χ3n) is 4.14. The molecular formula is C22H26O8. The van der Waals surface area contributed by atoms with E-state index in [1.54, 1.807) is 30.3 Å². The number of hydrogen-bond donors (Lipinski definition) is 1. The van der Waals surface area contributed by atoms with Crippen molar-refractivity contribution in [3.63, 3.8) is 0 Å². The average Bonchev–Trinajstić information content (AvgIpc) is 2.76. The molecule has 162 valence electrons. The second-order valence-corrected chi connectivity index (χ2v) is 6.60. The van der Waals surface area contributed by atoms with Crippen molar-refractivity contribution in [3.8, 4) is 5.75 Å². The van der Waals surface area contributed by atoms with Crippen molar-refractivity contribution < 1.29 is 38.4 Å². The number of aliphatic hydroxyl groups excluding tert-OH is 1. The van der Waals surface area contributed by atoms with Crippen molar-refractivity contribution in [2.24, 2.45) is 0 Å². The predicted molar refractivity (Wildman–Crippen MR) is 107 cm³/mol. The molecule has 1 aliphatic rings. The second-order valence-electron chi connectivity index (χ2n) is 6.60. The zero-order valence-corrected chi connectivity index (χ0v) is 16.7. The highest BCUT2D eigenvalue weighted by Crippen LogP contribution is 2.15. The molecule has 8 heteroatoms. The highest BCUT2D eigenvalue weighted by atomic mass is 16.7. The number of ketones is 1. The molecule has 1 fully saturated rings. The van der Waals surface area contributed by atoms with Gasteiger partial charge in [0.25, 0.3) is 0 Å². The number of esters is 2. The lowest BCUT2D eigenvalue weighted by Gasteiger charge is -2.21. The summed E-state index contributed by atoms with van der Waals surface area (Å²) in [5.41, 5.74) is 0.777. The molecule has 30 heavy (non-hydrogen) atoms. The normalized spacial score (nSPS) is 16.1. The first kappa shape index (κ1) is 23.3. The third-order valence-corrected chi connectivity index (χ3v) is 4.14. The summed E-state index contributed by atoms with van der Waals surface area (Å²) in [5.74, 6) is -1.09. The minimum Gasteiger partial charge on any atom is -0.490 e. The molecule has 2 rings (SSSR count). The van der Waals surface area contributed by atoms with Crippen molar-refractivity contribution in [2.45, 2.75) is 32.0 Å². The molecule has 1 unspecified atom stereocenters. The molecule has 1 atom stereocenters. The van der Waals surface area contributed by atoms with E-state index < -0.39 is 30.6 Å². The lowest BCUT2D eigenvalue weighted by atomic mass is 10.1. The summed E-state index contributed by atoms with van der Waals surface area (Å²) in [7, 11) is 0. The lowest BCUT2D eigenvalue weighted by molar-refractivity contribution is -0.181. The third kappa shape index (κ3) is 8.59. The number of rotatable bonds is 11. The minimum absolute atomic E-state index is 0.0120. The first-order valence-corrected chi connectivity index (χ1v) is 9.68. The van der Waals surface area contributed by atoms with E-state index in [-0.39, 0.29) is 25.2 Å². The monoisotopic (exact) mass is 418 g/mol. The van der Waals surface area contributed by atoms with Crippen molar-refractivity contribution in [1.82, 2.24) is 0 Å². The van der Waals surface area contributed by atoms with Crippen LogP contribution in [0.2, 0.25) is 0 Å². The van der Waals surface area contributed by atoms with Crippen LogP contribution >= 0.6 is 0 Å². The van der Waals surface area contributed by atoms with Gasteiger partial charge in [0, 0.05) is 24.5 Å². The average molecular weight is 418 g/mol. The van der Waals surface area contributed by atoms with Gasteiger partial charge in [0.1, 0.15) is 25.6 Å². The molecule has 0 bridgehead atoms. The molecule has 8 nitrogen and oxygen atoms in total. The smallest absolute Gasteiger partial charge is 0.333 e. The Morgan fingerprint density at radius 2 is 1.93 bits per heavy atom. The summed E-state index contributed by atoms with van der Waals surface area (Å²) < 4.78 is 21.0. The van der Waals surface area contributed by atoms with E-state index >= 15 is 0 Å². The summed E-state index contributed by atoms with van der Waals surface area (Å²) in [6.07, 6.45) is 4.97.